The lowest BCUT2D eigenvalue weighted by Gasteiger charge is -2.24. The number of ketones is 1. The molecule has 0 saturated heterocycles. The first-order chi connectivity index (χ1) is 10.8. The minimum Gasteiger partial charge on any atom is -0.388 e. The van der Waals surface area contributed by atoms with Crippen molar-refractivity contribution in [2.24, 2.45) is 5.92 Å². The van der Waals surface area contributed by atoms with Gasteiger partial charge in [-0.05, 0) is 52.5 Å². The molecule has 1 aromatic rings. The van der Waals surface area contributed by atoms with E-state index in [-0.39, 0.29) is 11.7 Å². The number of hydrogen-bond acceptors (Lipinski definition) is 2. The molecule has 2 atom stereocenters. The van der Waals surface area contributed by atoms with Crippen molar-refractivity contribution in [1.82, 2.24) is 0 Å². The quantitative estimate of drug-likeness (QED) is 0.627. The van der Waals surface area contributed by atoms with Crippen LogP contribution in [0.1, 0.15) is 63.7 Å². The van der Waals surface area contributed by atoms with Gasteiger partial charge in [0.15, 0.2) is 0 Å². The Morgan fingerprint density at radius 1 is 1.17 bits per heavy atom. The van der Waals surface area contributed by atoms with Crippen molar-refractivity contribution < 1.29 is 9.90 Å². The molecule has 2 unspecified atom stereocenters. The molecule has 1 N–H and O–H groups in total. The fourth-order valence-corrected chi connectivity index (χ4v) is 2.68. The molecule has 0 spiro atoms. The molecule has 1 rings (SSSR count). The molecule has 0 saturated carbocycles. The Bertz CT molecular complexity index is 552. The van der Waals surface area contributed by atoms with Crippen LogP contribution in [0.3, 0.4) is 0 Å². The second-order valence-electron chi connectivity index (χ2n) is 6.64. The van der Waals surface area contributed by atoms with Gasteiger partial charge < -0.3 is 9.90 Å². The third kappa shape index (κ3) is 6.96. The van der Waals surface area contributed by atoms with Crippen molar-refractivity contribution >= 4 is 5.78 Å². The Balaban J connectivity index is 2.66. The van der Waals surface area contributed by atoms with Crippen LogP contribution in [-0.4, -0.2) is 10.9 Å². The summed E-state index contributed by atoms with van der Waals surface area (Å²) in [4.78, 5) is 11.0. The minimum absolute atomic E-state index is 0.0499. The maximum Gasteiger partial charge on any atom is 0.130 e. The van der Waals surface area contributed by atoms with Gasteiger partial charge >= 0.3 is 0 Å². The summed E-state index contributed by atoms with van der Waals surface area (Å²) in [5, 5.41) is 10.7. The maximum atomic E-state index is 11.0. The Labute approximate surface area is 140 Å². The van der Waals surface area contributed by atoms with Crippen LogP contribution < -0.4 is 0 Å². The number of carbonyl (C=O) groups excluding carboxylic acids is 1. The average molecular weight is 314 g/mol. The van der Waals surface area contributed by atoms with E-state index in [2.05, 4.69) is 19.6 Å². The Hall–Kier alpha value is -1.67. The summed E-state index contributed by atoms with van der Waals surface area (Å²) >= 11 is 0. The fraction of sp³-hybridized carbons (Fsp3) is 0.476. The Morgan fingerprint density at radius 3 is 2.30 bits per heavy atom. The van der Waals surface area contributed by atoms with Gasteiger partial charge in [-0.2, -0.15) is 0 Å². The number of aryl methyl sites for hydroxylation is 1. The number of aliphatic hydroxyl groups is 1. The topological polar surface area (TPSA) is 37.3 Å². The predicted molar refractivity (Wildman–Crippen MR) is 97.3 cm³/mol. The van der Waals surface area contributed by atoms with Gasteiger partial charge in [-0.25, -0.2) is 0 Å². The first-order valence-electron chi connectivity index (χ1n) is 8.36. The molecule has 2 heteroatoms. The molecule has 0 fully saturated rings. The van der Waals surface area contributed by atoms with Crippen molar-refractivity contribution in [3.05, 3.63) is 59.2 Å². The van der Waals surface area contributed by atoms with Crippen LogP contribution in [0.25, 0.3) is 0 Å². The second-order valence-corrected chi connectivity index (χ2v) is 6.64. The summed E-state index contributed by atoms with van der Waals surface area (Å²) in [6.45, 7) is 11.8. The van der Waals surface area contributed by atoms with E-state index in [1.54, 1.807) is 6.92 Å². The van der Waals surface area contributed by atoms with Crippen LogP contribution in [0.15, 0.2) is 48.1 Å². The molecular formula is C21H30O2. The SMILES string of the molecule is C=C(C)C(CC/C(C)=C/CCC(C)=O)C(O)c1ccc(C)cc1. The maximum absolute atomic E-state index is 11.0. The third-order valence-electron chi connectivity index (χ3n) is 4.27. The van der Waals surface area contributed by atoms with Crippen LogP contribution in [0, 0.1) is 12.8 Å². The van der Waals surface area contributed by atoms with Gasteiger partial charge in [0.05, 0.1) is 6.10 Å². The highest BCUT2D eigenvalue weighted by Gasteiger charge is 2.21. The number of rotatable bonds is 9. The summed E-state index contributed by atoms with van der Waals surface area (Å²) in [6, 6.07) is 8.04. The van der Waals surface area contributed by atoms with E-state index in [4.69, 9.17) is 0 Å². The monoisotopic (exact) mass is 314 g/mol. The lowest BCUT2D eigenvalue weighted by atomic mass is 9.85. The van der Waals surface area contributed by atoms with Gasteiger partial charge in [-0.15, -0.1) is 0 Å². The summed E-state index contributed by atoms with van der Waals surface area (Å²) in [5.74, 6) is 0.275. The van der Waals surface area contributed by atoms with E-state index in [0.29, 0.717) is 6.42 Å². The molecule has 0 bridgehead atoms. The zero-order valence-electron chi connectivity index (χ0n) is 14.9. The van der Waals surface area contributed by atoms with E-state index in [0.717, 1.165) is 30.4 Å². The van der Waals surface area contributed by atoms with Crippen LogP contribution in [0.2, 0.25) is 0 Å². The van der Waals surface area contributed by atoms with Gasteiger partial charge in [0.1, 0.15) is 5.78 Å². The standard InChI is InChI=1S/C21H30O2/c1-15(2)20(14-11-16(3)7-6-8-18(5)22)21(23)19-12-9-17(4)10-13-19/h7,9-10,12-13,20-21,23H,1,6,8,11,14H2,2-5H3/b16-7+. The Morgan fingerprint density at radius 2 is 1.78 bits per heavy atom. The number of hydrogen-bond donors (Lipinski definition) is 1. The molecule has 0 aliphatic carbocycles. The third-order valence-corrected chi connectivity index (χ3v) is 4.27. The van der Waals surface area contributed by atoms with E-state index < -0.39 is 6.10 Å². The zero-order valence-corrected chi connectivity index (χ0v) is 14.9. The van der Waals surface area contributed by atoms with Crippen LogP contribution in [0.4, 0.5) is 0 Å². The summed E-state index contributed by atoms with van der Waals surface area (Å²) in [5.41, 5.74) is 4.42. The summed E-state index contributed by atoms with van der Waals surface area (Å²) in [7, 11) is 0. The normalized spacial score (nSPS) is 14.4. The van der Waals surface area contributed by atoms with E-state index >= 15 is 0 Å². The first kappa shape index (κ1) is 19.4. The molecular weight excluding hydrogens is 284 g/mol. The van der Waals surface area contributed by atoms with Crippen LogP contribution in [-0.2, 0) is 4.79 Å². The highest BCUT2D eigenvalue weighted by molar-refractivity contribution is 5.75. The molecule has 0 aliphatic heterocycles. The molecule has 23 heavy (non-hydrogen) atoms. The molecule has 0 aromatic heterocycles. The van der Waals surface area contributed by atoms with E-state index in [9.17, 15) is 9.90 Å². The first-order valence-corrected chi connectivity index (χ1v) is 8.36. The van der Waals surface area contributed by atoms with Crippen molar-refractivity contribution in [3.8, 4) is 0 Å². The largest absolute Gasteiger partial charge is 0.388 e. The van der Waals surface area contributed by atoms with E-state index in [1.807, 2.05) is 38.1 Å². The molecule has 2 nitrogen and oxygen atoms in total. The Kier molecular flexibility index (Phi) is 7.97. The van der Waals surface area contributed by atoms with Crippen molar-refractivity contribution in [1.29, 1.82) is 0 Å². The molecule has 0 aliphatic rings. The number of allylic oxidation sites excluding steroid dienone is 2. The number of aliphatic hydroxyl groups excluding tert-OH is 1. The molecule has 0 radical (unpaired) electrons. The highest BCUT2D eigenvalue weighted by atomic mass is 16.3. The molecule has 1 aromatic carbocycles. The minimum atomic E-state index is -0.516. The lowest BCUT2D eigenvalue weighted by molar-refractivity contribution is -0.116. The van der Waals surface area contributed by atoms with Gasteiger partial charge in [0, 0.05) is 12.3 Å². The number of benzene rings is 1. The van der Waals surface area contributed by atoms with Crippen molar-refractivity contribution in [2.75, 3.05) is 0 Å². The van der Waals surface area contributed by atoms with Gasteiger partial charge in [0.25, 0.3) is 0 Å². The highest BCUT2D eigenvalue weighted by Crippen LogP contribution is 2.32. The molecule has 0 heterocycles. The summed E-state index contributed by atoms with van der Waals surface area (Å²) in [6.07, 6.45) is 4.81. The predicted octanol–water partition coefficient (Wildman–Crippen LogP) is 5.32. The lowest BCUT2D eigenvalue weighted by Crippen LogP contribution is -2.14. The second kappa shape index (κ2) is 9.46. The number of Topliss-reactive ketones (excluding diaryl/α,β-unsaturated/α-hetero) is 1. The molecule has 0 amide bonds. The average Bonchev–Trinajstić information content (AvgIpc) is 2.47. The van der Waals surface area contributed by atoms with E-state index in [1.165, 1.54) is 11.1 Å². The summed E-state index contributed by atoms with van der Waals surface area (Å²) < 4.78 is 0. The van der Waals surface area contributed by atoms with Gasteiger partial charge in [0.2, 0.25) is 0 Å². The van der Waals surface area contributed by atoms with Crippen molar-refractivity contribution in [3.63, 3.8) is 0 Å². The van der Waals surface area contributed by atoms with Gasteiger partial charge in [-0.3, -0.25) is 0 Å². The van der Waals surface area contributed by atoms with Crippen LogP contribution in [0.5, 0.6) is 0 Å². The van der Waals surface area contributed by atoms with Crippen LogP contribution >= 0.6 is 0 Å². The van der Waals surface area contributed by atoms with Crippen molar-refractivity contribution in [2.45, 2.75) is 59.5 Å². The fourth-order valence-electron chi connectivity index (χ4n) is 2.68. The number of carbonyl (C=O) groups is 1. The molecule has 126 valence electrons. The smallest absolute Gasteiger partial charge is 0.130 e. The zero-order chi connectivity index (χ0) is 17.4. The van der Waals surface area contributed by atoms with Gasteiger partial charge in [-0.1, -0.05) is 53.6 Å².